The van der Waals surface area contributed by atoms with Gasteiger partial charge in [0.15, 0.2) is 0 Å². The van der Waals surface area contributed by atoms with E-state index in [9.17, 15) is 0 Å². The van der Waals surface area contributed by atoms with Crippen LogP contribution in [-0.2, 0) is 4.74 Å². The maximum atomic E-state index is 6.18. The Balaban J connectivity index is 1.73. The fourth-order valence-corrected chi connectivity index (χ4v) is 3.91. The molecule has 0 radical (unpaired) electrons. The van der Waals surface area contributed by atoms with E-state index in [1.807, 2.05) is 0 Å². The van der Waals surface area contributed by atoms with E-state index in [-0.39, 0.29) is 0 Å². The SMILES string of the molecule is CC1CC(C)CC(OCC2CCCC2CN)C1. The van der Waals surface area contributed by atoms with Crippen molar-refractivity contribution in [1.29, 1.82) is 0 Å². The van der Waals surface area contributed by atoms with Crippen LogP contribution in [0.5, 0.6) is 0 Å². The van der Waals surface area contributed by atoms with Crippen molar-refractivity contribution in [2.75, 3.05) is 13.2 Å². The normalized spacial score (nSPS) is 42.9. The van der Waals surface area contributed by atoms with Gasteiger partial charge in [0.2, 0.25) is 0 Å². The first kappa shape index (κ1) is 13.4. The molecule has 2 saturated carbocycles. The summed E-state index contributed by atoms with van der Waals surface area (Å²) in [4.78, 5) is 0. The smallest absolute Gasteiger partial charge is 0.0580 e. The van der Waals surface area contributed by atoms with Gasteiger partial charge in [0.25, 0.3) is 0 Å². The average molecular weight is 239 g/mol. The van der Waals surface area contributed by atoms with Crippen LogP contribution in [0.1, 0.15) is 52.4 Å². The van der Waals surface area contributed by atoms with Gasteiger partial charge in [0, 0.05) is 0 Å². The molecule has 2 aliphatic carbocycles. The Morgan fingerprint density at radius 1 is 1.00 bits per heavy atom. The van der Waals surface area contributed by atoms with Crippen LogP contribution in [0.2, 0.25) is 0 Å². The van der Waals surface area contributed by atoms with Crippen molar-refractivity contribution in [1.82, 2.24) is 0 Å². The summed E-state index contributed by atoms with van der Waals surface area (Å²) in [5, 5.41) is 0. The largest absolute Gasteiger partial charge is 0.378 e. The van der Waals surface area contributed by atoms with Gasteiger partial charge in [-0.25, -0.2) is 0 Å². The van der Waals surface area contributed by atoms with Crippen molar-refractivity contribution >= 4 is 0 Å². The van der Waals surface area contributed by atoms with E-state index in [1.54, 1.807) is 0 Å². The molecule has 2 nitrogen and oxygen atoms in total. The molecule has 2 aliphatic rings. The lowest BCUT2D eigenvalue weighted by molar-refractivity contribution is -0.0206. The molecule has 17 heavy (non-hydrogen) atoms. The number of ether oxygens (including phenoxy) is 1. The number of hydrogen-bond donors (Lipinski definition) is 1. The fourth-order valence-electron chi connectivity index (χ4n) is 3.91. The first-order chi connectivity index (χ1) is 8.19. The summed E-state index contributed by atoms with van der Waals surface area (Å²) in [6.07, 6.45) is 8.45. The molecule has 0 heterocycles. The molecule has 4 unspecified atom stereocenters. The molecule has 2 rings (SSSR count). The minimum Gasteiger partial charge on any atom is -0.378 e. The number of hydrogen-bond acceptors (Lipinski definition) is 2. The third-order valence-corrected chi connectivity index (χ3v) is 4.80. The monoisotopic (exact) mass is 239 g/mol. The summed E-state index contributed by atoms with van der Waals surface area (Å²) in [5.41, 5.74) is 5.82. The van der Waals surface area contributed by atoms with E-state index < -0.39 is 0 Å². The first-order valence-corrected chi connectivity index (χ1v) is 7.50. The molecule has 0 bridgehead atoms. The molecular formula is C15H29NO. The Morgan fingerprint density at radius 2 is 1.65 bits per heavy atom. The Kier molecular flexibility index (Phi) is 4.87. The van der Waals surface area contributed by atoms with Gasteiger partial charge in [0.05, 0.1) is 12.7 Å². The topological polar surface area (TPSA) is 35.2 Å². The second-order valence-corrected chi connectivity index (χ2v) is 6.56. The molecule has 0 aromatic heterocycles. The van der Waals surface area contributed by atoms with Crippen LogP contribution in [0.15, 0.2) is 0 Å². The molecule has 4 atom stereocenters. The van der Waals surface area contributed by atoms with Gasteiger partial charge < -0.3 is 10.5 Å². The lowest BCUT2D eigenvalue weighted by Crippen LogP contribution is -2.30. The molecule has 0 aliphatic heterocycles. The molecule has 0 saturated heterocycles. The number of nitrogens with two attached hydrogens (primary N) is 1. The third-order valence-electron chi connectivity index (χ3n) is 4.80. The molecule has 100 valence electrons. The third kappa shape index (κ3) is 3.69. The lowest BCUT2D eigenvalue weighted by Gasteiger charge is -2.32. The molecule has 2 N–H and O–H groups in total. The van der Waals surface area contributed by atoms with Gasteiger partial charge in [0.1, 0.15) is 0 Å². The predicted molar refractivity (Wildman–Crippen MR) is 71.8 cm³/mol. The van der Waals surface area contributed by atoms with Crippen molar-refractivity contribution < 1.29 is 4.74 Å². The Hall–Kier alpha value is -0.0800. The van der Waals surface area contributed by atoms with E-state index in [0.29, 0.717) is 6.10 Å². The van der Waals surface area contributed by atoms with Crippen molar-refractivity contribution in [3.8, 4) is 0 Å². The van der Waals surface area contributed by atoms with Gasteiger partial charge in [-0.3, -0.25) is 0 Å². The van der Waals surface area contributed by atoms with Crippen molar-refractivity contribution in [2.24, 2.45) is 29.4 Å². The zero-order valence-electron chi connectivity index (χ0n) is 11.5. The predicted octanol–water partition coefficient (Wildman–Crippen LogP) is 3.20. The van der Waals surface area contributed by atoms with Crippen molar-refractivity contribution in [3.05, 3.63) is 0 Å². The van der Waals surface area contributed by atoms with E-state index in [2.05, 4.69) is 13.8 Å². The summed E-state index contributed by atoms with van der Waals surface area (Å²) in [6.45, 7) is 6.55. The minimum absolute atomic E-state index is 0.521. The van der Waals surface area contributed by atoms with Crippen LogP contribution >= 0.6 is 0 Å². The summed E-state index contributed by atoms with van der Waals surface area (Å²) < 4.78 is 6.18. The highest BCUT2D eigenvalue weighted by atomic mass is 16.5. The van der Waals surface area contributed by atoms with E-state index in [0.717, 1.165) is 36.8 Å². The van der Waals surface area contributed by atoms with Gasteiger partial charge in [-0.15, -0.1) is 0 Å². The van der Waals surface area contributed by atoms with Crippen LogP contribution in [0, 0.1) is 23.7 Å². The van der Waals surface area contributed by atoms with Crippen molar-refractivity contribution in [3.63, 3.8) is 0 Å². The van der Waals surface area contributed by atoms with E-state index in [1.165, 1.54) is 38.5 Å². The zero-order chi connectivity index (χ0) is 12.3. The Bertz CT molecular complexity index is 221. The summed E-state index contributed by atoms with van der Waals surface area (Å²) in [5.74, 6) is 3.16. The highest BCUT2D eigenvalue weighted by molar-refractivity contribution is 4.80. The number of rotatable bonds is 4. The van der Waals surface area contributed by atoms with Crippen LogP contribution in [0.25, 0.3) is 0 Å². The molecule has 0 spiro atoms. The molecule has 2 fully saturated rings. The van der Waals surface area contributed by atoms with Crippen LogP contribution in [-0.4, -0.2) is 19.3 Å². The standard InChI is InChI=1S/C15H29NO/c1-11-6-12(2)8-15(7-11)17-10-14-5-3-4-13(14)9-16/h11-15H,3-10,16H2,1-2H3. The second-order valence-electron chi connectivity index (χ2n) is 6.56. The highest BCUT2D eigenvalue weighted by Crippen LogP contribution is 2.34. The molecular weight excluding hydrogens is 210 g/mol. The van der Waals surface area contributed by atoms with Crippen LogP contribution in [0.3, 0.4) is 0 Å². The average Bonchev–Trinajstić information content (AvgIpc) is 2.72. The summed E-state index contributed by atoms with van der Waals surface area (Å²) >= 11 is 0. The van der Waals surface area contributed by atoms with Gasteiger partial charge in [-0.2, -0.15) is 0 Å². The molecule has 0 aromatic rings. The van der Waals surface area contributed by atoms with E-state index in [4.69, 9.17) is 10.5 Å². The molecule has 2 heteroatoms. The maximum Gasteiger partial charge on any atom is 0.0580 e. The minimum atomic E-state index is 0.521. The molecule has 0 amide bonds. The van der Waals surface area contributed by atoms with E-state index >= 15 is 0 Å². The maximum absolute atomic E-state index is 6.18. The molecule has 0 aromatic carbocycles. The van der Waals surface area contributed by atoms with Gasteiger partial charge in [-0.1, -0.05) is 20.3 Å². The lowest BCUT2D eigenvalue weighted by atomic mass is 9.81. The second kappa shape index (κ2) is 6.19. The van der Waals surface area contributed by atoms with Gasteiger partial charge in [-0.05, 0) is 62.3 Å². The summed E-state index contributed by atoms with van der Waals surface area (Å²) in [6, 6.07) is 0. The Labute approximate surface area is 106 Å². The van der Waals surface area contributed by atoms with Crippen LogP contribution in [0.4, 0.5) is 0 Å². The first-order valence-electron chi connectivity index (χ1n) is 7.50. The zero-order valence-corrected chi connectivity index (χ0v) is 11.5. The van der Waals surface area contributed by atoms with Gasteiger partial charge >= 0.3 is 0 Å². The quantitative estimate of drug-likeness (QED) is 0.817. The Morgan fingerprint density at radius 3 is 2.29 bits per heavy atom. The van der Waals surface area contributed by atoms with Crippen molar-refractivity contribution in [2.45, 2.75) is 58.5 Å². The highest BCUT2D eigenvalue weighted by Gasteiger charge is 2.29. The fraction of sp³-hybridized carbons (Fsp3) is 1.00. The summed E-state index contributed by atoms with van der Waals surface area (Å²) in [7, 11) is 0. The van der Waals surface area contributed by atoms with Crippen LogP contribution < -0.4 is 5.73 Å².